The largest absolute Gasteiger partial charge is 0.416 e. The van der Waals surface area contributed by atoms with Gasteiger partial charge in [0.15, 0.2) is 6.29 Å². The van der Waals surface area contributed by atoms with Crippen LogP contribution in [0.4, 0.5) is 18.0 Å². The molecule has 0 atom stereocenters. The molecule has 0 bridgehead atoms. The average molecular weight is 452 g/mol. The lowest BCUT2D eigenvalue weighted by atomic mass is 9.78. The Morgan fingerprint density at radius 1 is 1.16 bits per heavy atom. The number of aryl methyl sites for hydroxylation is 1. The van der Waals surface area contributed by atoms with Gasteiger partial charge in [0.2, 0.25) is 0 Å². The summed E-state index contributed by atoms with van der Waals surface area (Å²) in [5, 5.41) is 22.2. The number of aromatic nitrogens is 2. The molecule has 2 N–H and O–H groups in total. The number of aliphatic hydroxyl groups is 2. The first kappa shape index (κ1) is 22.8. The number of amides is 1. The van der Waals surface area contributed by atoms with Gasteiger partial charge in [-0.2, -0.15) is 23.0 Å². The van der Waals surface area contributed by atoms with Crippen LogP contribution >= 0.6 is 0 Å². The highest BCUT2D eigenvalue weighted by Crippen LogP contribution is 2.41. The second-order valence-electron chi connectivity index (χ2n) is 8.94. The van der Waals surface area contributed by atoms with E-state index < -0.39 is 18.0 Å². The molecule has 4 rings (SSSR count). The van der Waals surface area contributed by atoms with E-state index in [-0.39, 0.29) is 22.7 Å². The number of carbonyl (C=O) groups excluding carboxylic acids is 1. The van der Waals surface area contributed by atoms with Crippen LogP contribution in [0.15, 0.2) is 30.5 Å². The monoisotopic (exact) mass is 452 g/mol. The molecule has 3 heterocycles. The van der Waals surface area contributed by atoms with Gasteiger partial charge in [-0.15, -0.1) is 0 Å². The van der Waals surface area contributed by atoms with Crippen molar-refractivity contribution >= 4 is 6.03 Å². The normalized spacial score (nSPS) is 19.3. The third-order valence-electron chi connectivity index (χ3n) is 6.68. The Balaban J connectivity index is 1.33. The number of benzene rings is 1. The van der Waals surface area contributed by atoms with Gasteiger partial charge >= 0.3 is 12.2 Å². The molecule has 0 saturated carbocycles. The van der Waals surface area contributed by atoms with Crippen LogP contribution in [-0.4, -0.2) is 62.0 Å². The van der Waals surface area contributed by atoms with Gasteiger partial charge in [-0.1, -0.05) is 12.1 Å². The van der Waals surface area contributed by atoms with Gasteiger partial charge in [-0.3, -0.25) is 4.90 Å². The van der Waals surface area contributed by atoms with E-state index in [2.05, 4.69) is 10.00 Å². The van der Waals surface area contributed by atoms with Crippen LogP contribution in [-0.2, 0) is 12.7 Å². The molecule has 2 aliphatic heterocycles. The van der Waals surface area contributed by atoms with Crippen molar-refractivity contribution in [1.29, 1.82) is 0 Å². The number of likely N-dealkylation sites (tertiary alicyclic amines) is 2. The van der Waals surface area contributed by atoms with Crippen LogP contribution < -0.4 is 0 Å². The van der Waals surface area contributed by atoms with Crippen LogP contribution in [0.2, 0.25) is 0 Å². The minimum absolute atomic E-state index is 0.0248. The summed E-state index contributed by atoms with van der Waals surface area (Å²) in [6.45, 7) is 5.02. The molecule has 32 heavy (non-hydrogen) atoms. The molecule has 1 amide bonds. The summed E-state index contributed by atoms with van der Waals surface area (Å²) in [5.74, 6) is 0. The summed E-state index contributed by atoms with van der Waals surface area (Å²) < 4.78 is 40.1. The van der Waals surface area contributed by atoms with E-state index in [4.69, 9.17) is 10.2 Å². The minimum Gasteiger partial charge on any atom is -0.363 e. The minimum atomic E-state index is -4.33. The molecule has 0 radical (unpaired) electrons. The highest BCUT2D eigenvalue weighted by Gasteiger charge is 2.41. The van der Waals surface area contributed by atoms with E-state index in [0.29, 0.717) is 19.6 Å². The van der Waals surface area contributed by atoms with Crippen LogP contribution in [0.1, 0.15) is 47.9 Å². The lowest BCUT2D eigenvalue weighted by Crippen LogP contribution is -2.45. The maximum absolute atomic E-state index is 13.0. The summed E-state index contributed by atoms with van der Waals surface area (Å²) in [4.78, 5) is 16.6. The van der Waals surface area contributed by atoms with Crippen molar-refractivity contribution in [3.8, 4) is 0 Å². The van der Waals surface area contributed by atoms with Gasteiger partial charge in [0, 0.05) is 32.4 Å². The quantitative estimate of drug-likeness (QED) is 0.700. The number of alkyl halides is 3. The summed E-state index contributed by atoms with van der Waals surface area (Å²) in [7, 11) is 0. The average Bonchev–Trinajstić information content (AvgIpc) is 3.35. The number of piperidine rings is 1. The molecule has 0 unspecified atom stereocenters. The predicted octanol–water partition coefficient (Wildman–Crippen LogP) is 3.15. The standard InChI is InChI=1S/C22H27F3N4O3/c1-15-12-16(2-3-17(15)22(23,24)25)13-27-9-5-21(14-27)6-10-28(11-7-21)20(32)29-8-4-18(26-29)19(30)31/h2-4,8,12,19,30-31H,5-7,9-11,13-14H2,1H3. The highest BCUT2D eigenvalue weighted by molar-refractivity contribution is 5.76. The fraction of sp³-hybridized carbons (Fsp3) is 0.545. The van der Waals surface area contributed by atoms with Crippen molar-refractivity contribution in [1.82, 2.24) is 19.6 Å². The van der Waals surface area contributed by atoms with Gasteiger partial charge in [0.05, 0.1) is 5.56 Å². The topological polar surface area (TPSA) is 81.8 Å². The number of hydrogen-bond donors (Lipinski definition) is 2. The van der Waals surface area contributed by atoms with Crippen molar-refractivity contribution in [3.05, 3.63) is 52.8 Å². The first-order chi connectivity index (χ1) is 15.1. The summed E-state index contributed by atoms with van der Waals surface area (Å²) >= 11 is 0. The fourth-order valence-corrected chi connectivity index (χ4v) is 4.87. The Labute approximate surface area is 184 Å². The maximum Gasteiger partial charge on any atom is 0.416 e. The Kier molecular flexibility index (Phi) is 6.04. The van der Waals surface area contributed by atoms with Crippen molar-refractivity contribution in [3.63, 3.8) is 0 Å². The molecule has 2 aromatic rings. The maximum atomic E-state index is 13.0. The molecule has 1 aromatic heterocycles. The molecular weight excluding hydrogens is 425 g/mol. The van der Waals surface area contributed by atoms with Gasteiger partial charge in [-0.05, 0) is 61.4 Å². The number of aliphatic hydroxyl groups excluding tert-OH is 1. The van der Waals surface area contributed by atoms with E-state index >= 15 is 0 Å². The van der Waals surface area contributed by atoms with E-state index in [1.807, 2.05) is 0 Å². The van der Waals surface area contributed by atoms with Crippen LogP contribution in [0.5, 0.6) is 0 Å². The first-order valence-corrected chi connectivity index (χ1v) is 10.7. The number of carbonyl (C=O) groups is 1. The van der Waals surface area contributed by atoms with Crippen molar-refractivity contribution in [2.75, 3.05) is 26.2 Å². The highest BCUT2D eigenvalue weighted by atomic mass is 19.4. The van der Waals surface area contributed by atoms with Gasteiger partial charge in [0.25, 0.3) is 0 Å². The van der Waals surface area contributed by atoms with Gasteiger partial charge in [-0.25, -0.2) is 4.79 Å². The zero-order valence-electron chi connectivity index (χ0n) is 17.8. The van der Waals surface area contributed by atoms with Crippen molar-refractivity contribution in [2.24, 2.45) is 5.41 Å². The molecule has 174 valence electrons. The molecule has 2 aliphatic rings. The van der Waals surface area contributed by atoms with Crippen molar-refractivity contribution < 1.29 is 28.2 Å². The molecular formula is C22H27F3N4O3. The molecule has 7 nitrogen and oxygen atoms in total. The second kappa shape index (κ2) is 8.49. The lowest BCUT2D eigenvalue weighted by molar-refractivity contribution is -0.138. The van der Waals surface area contributed by atoms with Gasteiger partial charge in [0.1, 0.15) is 5.69 Å². The van der Waals surface area contributed by atoms with E-state index in [9.17, 15) is 18.0 Å². The smallest absolute Gasteiger partial charge is 0.363 e. The second-order valence-corrected chi connectivity index (χ2v) is 8.94. The Hall–Kier alpha value is -2.43. The molecule has 0 aliphatic carbocycles. The van der Waals surface area contributed by atoms with Crippen LogP contribution in [0, 0.1) is 12.3 Å². The Morgan fingerprint density at radius 2 is 1.84 bits per heavy atom. The van der Waals surface area contributed by atoms with Crippen LogP contribution in [0.3, 0.4) is 0 Å². The number of halogens is 3. The number of rotatable bonds is 3. The molecule has 2 fully saturated rings. The summed E-state index contributed by atoms with van der Waals surface area (Å²) in [5.41, 5.74) is 0.659. The molecule has 1 spiro atoms. The van der Waals surface area contributed by atoms with E-state index in [1.165, 1.54) is 19.2 Å². The zero-order valence-corrected chi connectivity index (χ0v) is 17.8. The SMILES string of the molecule is Cc1cc(CN2CCC3(CCN(C(=O)n4ccc(C(O)O)n4)CC3)C2)ccc1C(F)(F)F. The zero-order chi connectivity index (χ0) is 23.1. The fourth-order valence-electron chi connectivity index (χ4n) is 4.87. The Bertz CT molecular complexity index is 981. The molecule has 1 aromatic carbocycles. The lowest BCUT2D eigenvalue weighted by Gasteiger charge is -2.39. The number of hydrogen-bond acceptors (Lipinski definition) is 5. The predicted molar refractivity (Wildman–Crippen MR) is 110 cm³/mol. The molecule has 2 saturated heterocycles. The first-order valence-electron chi connectivity index (χ1n) is 10.7. The van der Waals surface area contributed by atoms with Crippen molar-refractivity contribution in [2.45, 2.75) is 45.2 Å². The van der Waals surface area contributed by atoms with E-state index in [1.54, 1.807) is 17.0 Å². The van der Waals surface area contributed by atoms with Crippen LogP contribution in [0.25, 0.3) is 0 Å². The van der Waals surface area contributed by atoms with Gasteiger partial charge < -0.3 is 15.1 Å². The summed E-state index contributed by atoms with van der Waals surface area (Å²) in [6, 6.07) is 5.45. The third kappa shape index (κ3) is 4.67. The third-order valence-corrected chi connectivity index (χ3v) is 6.68. The summed E-state index contributed by atoms with van der Waals surface area (Å²) in [6.07, 6.45) is -1.94. The number of nitrogens with zero attached hydrogens (tertiary/aromatic N) is 4. The molecule has 10 heteroatoms. The van der Waals surface area contributed by atoms with E-state index in [0.717, 1.165) is 48.7 Å². The Morgan fingerprint density at radius 3 is 2.44 bits per heavy atom.